The van der Waals surface area contributed by atoms with Crippen molar-refractivity contribution in [2.45, 2.75) is 25.8 Å². The quantitative estimate of drug-likeness (QED) is 0.663. The van der Waals surface area contributed by atoms with Crippen LogP contribution < -0.4 is 5.32 Å². The van der Waals surface area contributed by atoms with Crippen LogP contribution in [0.3, 0.4) is 0 Å². The molecule has 1 atom stereocenters. The number of nitro groups is 1. The van der Waals surface area contributed by atoms with E-state index in [4.69, 9.17) is 0 Å². The molecule has 4 nitrogen and oxygen atoms in total. The highest BCUT2D eigenvalue weighted by molar-refractivity contribution is 7.99. The summed E-state index contributed by atoms with van der Waals surface area (Å²) in [7, 11) is 0. The lowest BCUT2D eigenvalue weighted by molar-refractivity contribution is -0.384. The van der Waals surface area contributed by atoms with Gasteiger partial charge >= 0.3 is 0 Å². The molecule has 0 bridgehead atoms. The Hall–Kier alpha value is -1.07. The summed E-state index contributed by atoms with van der Waals surface area (Å²) in [5, 5.41) is 14.1. The van der Waals surface area contributed by atoms with E-state index in [1.54, 1.807) is 12.1 Å². The first-order chi connectivity index (χ1) is 9.16. The molecular formula is C14H20N2O2S. The maximum Gasteiger partial charge on any atom is 0.269 e. The summed E-state index contributed by atoms with van der Waals surface area (Å²) < 4.78 is 0. The molecule has 5 heteroatoms. The minimum atomic E-state index is -0.360. The van der Waals surface area contributed by atoms with E-state index < -0.39 is 0 Å². The number of rotatable bonds is 5. The maximum absolute atomic E-state index is 10.6. The van der Waals surface area contributed by atoms with Crippen LogP contribution in [0, 0.1) is 16.0 Å². The summed E-state index contributed by atoms with van der Waals surface area (Å²) in [5.41, 5.74) is 1.26. The van der Waals surface area contributed by atoms with Gasteiger partial charge in [-0.25, -0.2) is 0 Å². The second kappa shape index (κ2) is 6.91. The van der Waals surface area contributed by atoms with Crippen LogP contribution in [0.2, 0.25) is 0 Å². The molecule has 104 valence electrons. The van der Waals surface area contributed by atoms with E-state index in [1.165, 1.54) is 24.3 Å². The van der Waals surface area contributed by atoms with E-state index in [-0.39, 0.29) is 16.7 Å². The van der Waals surface area contributed by atoms with Crippen molar-refractivity contribution in [3.8, 4) is 0 Å². The fourth-order valence-electron chi connectivity index (χ4n) is 2.30. The van der Waals surface area contributed by atoms with Gasteiger partial charge in [-0.05, 0) is 49.3 Å². The van der Waals surface area contributed by atoms with Gasteiger partial charge in [0.25, 0.3) is 5.69 Å². The van der Waals surface area contributed by atoms with Crippen molar-refractivity contribution in [2.75, 3.05) is 18.1 Å². The van der Waals surface area contributed by atoms with Crippen LogP contribution in [0.15, 0.2) is 24.3 Å². The molecule has 1 N–H and O–H groups in total. The molecule has 19 heavy (non-hydrogen) atoms. The largest absolute Gasteiger partial charge is 0.310 e. The molecule has 1 aromatic rings. The number of nitrogens with zero attached hydrogens (tertiary/aromatic N) is 1. The molecule has 2 rings (SSSR count). The topological polar surface area (TPSA) is 55.2 Å². The van der Waals surface area contributed by atoms with Gasteiger partial charge in [0.1, 0.15) is 0 Å². The van der Waals surface area contributed by atoms with Gasteiger partial charge in [0.15, 0.2) is 0 Å². The van der Waals surface area contributed by atoms with Crippen LogP contribution in [0.4, 0.5) is 5.69 Å². The Bertz CT molecular complexity index is 416. The number of hydrogen-bond acceptors (Lipinski definition) is 4. The average molecular weight is 280 g/mol. The van der Waals surface area contributed by atoms with E-state index in [2.05, 4.69) is 12.2 Å². The second-order valence-corrected chi connectivity index (χ2v) is 6.26. The number of non-ortho nitro benzene ring substituents is 1. The van der Waals surface area contributed by atoms with Gasteiger partial charge in [-0.3, -0.25) is 10.1 Å². The third-order valence-electron chi connectivity index (χ3n) is 3.66. The lowest BCUT2D eigenvalue weighted by Gasteiger charge is -2.24. The molecule has 1 aromatic carbocycles. The van der Waals surface area contributed by atoms with Gasteiger partial charge in [0, 0.05) is 18.2 Å². The van der Waals surface area contributed by atoms with Crippen LogP contribution in [0.25, 0.3) is 0 Å². The fraction of sp³-hybridized carbons (Fsp3) is 0.571. The third kappa shape index (κ3) is 4.21. The molecule has 0 amide bonds. The van der Waals surface area contributed by atoms with Crippen molar-refractivity contribution in [3.05, 3.63) is 39.9 Å². The molecule has 0 radical (unpaired) electrons. The summed E-state index contributed by atoms with van der Waals surface area (Å²) in [4.78, 5) is 10.2. The fourth-order valence-corrected chi connectivity index (χ4v) is 3.50. The predicted octanol–water partition coefficient (Wildman–Crippen LogP) is 3.39. The van der Waals surface area contributed by atoms with E-state index in [0.717, 1.165) is 18.0 Å². The number of nitrogens with one attached hydrogen (secondary N) is 1. The van der Waals surface area contributed by atoms with Crippen LogP contribution in [0.5, 0.6) is 0 Å². The van der Waals surface area contributed by atoms with Gasteiger partial charge in [-0.15, -0.1) is 0 Å². The lowest BCUT2D eigenvalue weighted by atomic mass is 10.0. The molecule has 1 fully saturated rings. The van der Waals surface area contributed by atoms with Gasteiger partial charge in [0.2, 0.25) is 0 Å². The zero-order valence-electron chi connectivity index (χ0n) is 11.2. The zero-order valence-corrected chi connectivity index (χ0v) is 12.0. The van der Waals surface area contributed by atoms with Crippen LogP contribution in [0.1, 0.15) is 31.4 Å². The Morgan fingerprint density at radius 2 is 2.00 bits per heavy atom. The molecule has 1 heterocycles. The number of benzene rings is 1. The first-order valence-electron chi connectivity index (χ1n) is 6.72. The van der Waals surface area contributed by atoms with Crippen LogP contribution in [-0.2, 0) is 0 Å². The summed E-state index contributed by atoms with van der Waals surface area (Å²) in [6, 6.07) is 7.07. The van der Waals surface area contributed by atoms with Crippen molar-refractivity contribution in [1.29, 1.82) is 0 Å². The molecule has 0 spiro atoms. The normalized spacial score (nSPS) is 18.2. The molecule has 1 unspecified atom stereocenters. The van der Waals surface area contributed by atoms with Crippen molar-refractivity contribution in [1.82, 2.24) is 5.32 Å². The van der Waals surface area contributed by atoms with Crippen molar-refractivity contribution >= 4 is 17.4 Å². The average Bonchev–Trinajstić information content (AvgIpc) is 2.46. The first kappa shape index (κ1) is 14.3. The second-order valence-electron chi connectivity index (χ2n) is 5.03. The monoisotopic (exact) mass is 280 g/mol. The Morgan fingerprint density at radius 1 is 1.37 bits per heavy atom. The highest BCUT2D eigenvalue weighted by Gasteiger charge is 2.15. The lowest BCUT2D eigenvalue weighted by Crippen LogP contribution is -2.27. The summed E-state index contributed by atoms with van der Waals surface area (Å²) in [6.07, 6.45) is 2.59. The predicted molar refractivity (Wildman–Crippen MR) is 79.6 cm³/mol. The number of nitro benzene ring substituents is 1. The van der Waals surface area contributed by atoms with Gasteiger partial charge in [-0.1, -0.05) is 12.1 Å². The minimum absolute atomic E-state index is 0.153. The standard InChI is InChI=1S/C14H20N2O2S/c1-11(15-10-12-6-8-19-9-7-12)13-2-4-14(5-3-13)16(17)18/h2-5,11-12,15H,6-10H2,1H3. The Balaban J connectivity index is 1.84. The highest BCUT2D eigenvalue weighted by atomic mass is 32.2. The maximum atomic E-state index is 10.6. The molecule has 0 saturated carbocycles. The van der Waals surface area contributed by atoms with Gasteiger partial charge in [-0.2, -0.15) is 11.8 Å². The zero-order chi connectivity index (χ0) is 13.7. The number of hydrogen-bond donors (Lipinski definition) is 1. The van der Waals surface area contributed by atoms with E-state index in [9.17, 15) is 10.1 Å². The van der Waals surface area contributed by atoms with Crippen molar-refractivity contribution in [2.24, 2.45) is 5.92 Å². The van der Waals surface area contributed by atoms with E-state index in [0.29, 0.717) is 0 Å². The molecular weight excluding hydrogens is 260 g/mol. The Labute approximate surface area is 118 Å². The molecule has 1 aliphatic rings. The minimum Gasteiger partial charge on any atom is -0.310 e. The Kier molecular flexibility index (Phi) is 5.22. The summed E-state index contributed by atoms with van der Waals surface area (Å²) in [6.45, 7) is 3.15. The van der Waals surface area contributed by atoms with Crippen LogP contribution in [-0.4, -0.2) is 23.0 Å². The van der Waals surface area contributed by atoms with Gasteiger partial charge in [0.05, 0.1) is 4.92 Å². The van der Waals surface area contributed by atoms with E-state index in [1.807, 2.05) is 23.9 Å². The summed E-state index contributed by atoms with van der Waals surface area (Å²) in [5.74, 6) is 3.33. The highest BCUT2D eigenvalue weighted by Crippen LogP contribution is 2.23. The van der Waals surface area contributed by atoms with E-state index >= 15 is 0 Å². The Morgan fingerprint density at radius 3 is 2.58 bits per heavy atom. The molecule has 0 aliphatic carbocycles. The molecule has 1 saturated heterocycles. The third-order valence-corrected chi connectivity index (χ3v) is 4.71. The van der Waals surface area contributed by atoms with Crippen LogP contribution >= 0.6 is 11.8 Å². The number of thioether (sulfide) groups is 1. The molecule has 0 aromatic heterocycles. The van der Waals surface area contributed by atoms with Crippen molar-refractivity contribution in [3.63, 3.8) is 0 Å². The molecule has 1 aliphatic heterocycles. The van der Waals surface area contributed by atoms with Crippen molar-refractivity contribution < 1.29 is 4.92 Å². The first-order valence-corrected chi connectivity index (χ1v) is 7.88. The SMILES string of the molecule is CC(NCC1CCSCC1)c1ccc([N+](=O)[O-])cc1. The summed E-state index contributed by atoms with van der Waals surface area (Å²) >= 11 is 2.04. The van der Waals surface area contributed by atoms with Gasteiger partial charge < -0.3 is 5.32 Å². The smallest absolute Gasteiger partial charge is 0.269 e.